The average molecular weight is 225 g/mol. The molecular weight excluding hydrogens is 206 g/mol. The van der Waals surface area contributed by atoms with Crippen LogP contribution in [0.15, 0.2) is 6.20 Å². The number of likely N-dealkylation sites (N-methyl/N-ethyl adjacent to an activating group) is 1. The van der Waals surface area contributed by atoms with Gasteiger partial charge in [0.25, 0.3) is 0 Å². The molecule has 1 unspecified atom stereocenters. The van der Waals surface area contributed by atoms with E-state index in [2.05, 4.69) is 27.6 Å². The molecule has 0 aromatic carbocycles. The number of aliphatic hydroxyl groups excluding tert-OH is 1. The Hall–Kier alpha value is -0.980. The van der Waals surface area contributed by atoms with Gasteiger partial charge in [-0.2, -0.15) is 0 Å². The van der Waals surface area contributed by atoms with Gasteiger partial charge in [-0.3, -0.25) is 0 Å². The van der Waals surface area contributed by atoms with Crippen LogP contribution in [-0.2, 0) is 13.1 Å². The third kappa shape index (κ3) is 3.01. The Bertz CT molecular complexity index is 327. The monoisotopic (exact) mass is 225 g/mol. The van der Waals surface area contributed by atoms with Crippen molar-refractivity contribution in [3.05, 3.63) is 11.9 Å². The van der Waals surface area contributed by atoms with Gasteiger partial charge in [0.2, 0.25) is 0 Å². The molecule has 1 saturated heterocycles. The highest BCUT2D eigenvalue weighted by Gasteiger charge is 2.18. The van der Waals surface area contributed by atoms with Gasteiger partial charge in [-0.05, 0) is 20.0 Å². The smallest absolute Gasteiger partial charge is 0.0964 e. The van der Waals surface area contributed by atoms with Crippen LogP contribution in [0.4, 0.5) is 0 Å². The van der Waals surface area contributed by atoms with Gasteiger partial charge in [-0.15, -0.1) is 5.10 Å². The van der Waals surface area contributed by atoms with Gasteiger partial charge in [0.15, 0.2) is 0 Å². The van der Waals surface area contributed by atoms with Gasteiger partial charge in [-0.25, -0.2) is 4.68 Å². The molecule has 1 aromatic heterocycles. The van der Waals surface area contributed by atoms with Crippen LogP contribution in [0.25, 0.3) is 0 Å². The molecule has 2 rings (SSSR count). The van der Waals surface area contributed by atoms with E-state index in [9.17, 15) is 0 Å². The number of aliphatic hydroxyl groups is 1. The molecule has 1 aliphatic rings. The van der Waals surface area contributed by atoms with Crippen LogP contribution >= 0.6 is 0 Å². The van der Waals surface area contributed by atoms with Crippen LogP contribution in [-0.4, -0.2) is 57.8 Å². The normalized spacial score (nSPS) is 21.8. The molecule has 0 spiro atoms. The molecule has 1 aromatic rings. The van der Waals surface area contributed by atoms with Crippen molar-refractivity contribution < 1.29 is 5.11 Å². The fourth-order valence-corrected chi connectivity index (χ4v) is 1.98. The molecule has 2 N–H and O–H groups in total. The van der Waals surface area contributed by atoms with Crippen molar-refractivity contribution in [3.8, 4) is 0 Å². The minimum absolute atomic E-state index is 0.101. The van der Waals surface area contributed by atoms with Crippen molar-refractivity contribution in [1.82, 2.24) is 25.2 Å². The second-order valence-corrected chi connectivity index (χ2v) is 4.33. The number of hydrogen-bond donors (Lipinski definition) is 2. The van der Waals surface area contributed by atoms with Crippen LogP contribution in [0.2, 0.25) is 0 Å². The number of nitrogens with one attached hydrogen (secondary N) is 1. The first-order chi connectivity index (χ1) is 7.78. The van der Waals surface area contributed by atoms with E-state index in [-0.39, 0.29) is 6.61 Å². The first kappa shape index (κ1) is 11.5. The summed E-state index contributed by atoms with van der Waals surface area (Å²) >= 11 is 0. The minimum Gasteiger partial charge on any atom is -0.394 e. The predicted molar refractivity (Wildman–Crippen MR) is 59.8 cm³/mol. The number of aromatic nitrogens is 3. The van der Waals surface area contributed by atoms with E-state index in [1.807, 2.05) is 6.20 Å². The van der Waals surface area contributed by atoms with Crippen molar-refractivity contribution in [2.45, 2.75) is 25.6 Å². The molecule has 6 nitrogen and oxygen atoms in total. The van der Waals surface area contributed by atoms with E-state index >= 15 is 0 Å². The maximum absolute atomic E-state index is 8.75. The molecule has 0 saturated carbocycles. The Labute approximate surface area is 95.2 Å². The maximum Gasteiger partial charge on any atom is 0.0964 e. The van der Waals surface area contributed by atoms with Crippen molar-refractivity contribution in [3.63, 3.8) is 0 Å². The lowest BCUT2D eigenvalue weighted by Crippen LogP contribution is -2.31. The minimum atomic E-state index is 0.101. The lowest BCUT2D eigenvalue weighted by atomic mass is 10.2. The van der Waals surface area contributed by atoms with Crippen LogP contribution in [0.1, 0.15) is 12.1 Å². The van der Waals surface area contributed by atoms with Gasteiger partial charge >= 0.3 is 0 Å². The van der Waals surface area contributed by atoms with Crippen LogP contribution in [0.5, 0.6) is 0 Å². The zero-order chi connectivity index (χ0) is 11.4. The van der Waals surface area contributed by atoms with E-state index in [0.717, 1.165) is 25.3 Å². The number of hydrogen-bond acceptors (Lipinski definition) is 5. The zero-order valence-electron chi connectivity index (χ0n) is 9.63. The number of nitrogens with zero attached hydrogens (tertiary/aromatic N) is 4. The van der Waals surface area contributed by atoms with E-state index in [1.165, 1.54) is 6.42 Å². The highest BCUT2D eigenvalue weighted by atomic mass is 16.3. The summed E-state index contributed by atoms with van der Waals surface area (Å²) in [6.45, 7) is 3.63. The van der Waals surface area contributed by atoms with Gasteiger partial charge in [0.05, 0.1) is 18.8 Å². The lowest BCUT2D eigenvalue weighted by Gasteiger charge is -2.10. The molecule has 0 amide bonds. The van der Waals surface area contributed by atoms with Crippen molar-refractivity contribution >= 4 is 0 Å². The molecule has 1 fully saturated rings. The van der Waals surface area contributed by atoms with E-state index < -0.39 is 0 Å². The fourth-order valence-electron chi connectivity index (χ4n) is 1.98. The van der Waals surface area contributed by atoms with Crippen LogP contribution in [0, 0.1) is 0 Å². The Kier molecular flexibility index (Phi) is 3.87. The van der Waals surface area contributed by atoms with E-state index in [1.54, 1.807) is 4.68 Å². The second kappa shape index (κ2) is 5.38. The van der Waals surface area contributed by atoms with Crippen molar-refractivity contribution in [2.24, 2.45) is 0 Å². The summed E-state index contributed by atoms with van der Waals surface area (Å²) < 4.78 is 1.66. The molecule has 0 radical (unpaired) electrons. The highest BCUT2D eigenvalue weighted by Crippen LogP contribution is 2.06. The number of rotatable bonds is 5. The quantitative estimate of drug-likeness (QED) is 0.677. The van der Waals surface area contributed by atoms with Gasteiger partial charge in [-0.1, -0.05) is 5.21 Å². The Morgan fingerprint density at radius 1 is 1.62 bits per heavy atom. The molecule has 6 heteroatoms. The summed E-state index contributed by atoms with van der Waals surface area (Å²) in [6, 6.07) is 0.563. The molecule has 0 bridgehead atoms. The van der Waals surface area contributed by atoms with Crippen molar-refractivity contribution in [2.75, 3.05) is 26.7 Å². The van der Waals surface area contributed by atoms with Crippen LogP contribution < -0.4 is 5.32 Å². The van der Waals surface area contributed by atoms with Crippen molar-refractivity contribution in [1.29, 1.82) is 0 Å². The second-order valence-electron chi connectivity index (χ2n) is 4.33. The first-order valence-corrected chi connectivity index (χ1v) is 5.69. The largest absolute Gasteiger partial charge is 0.394 e. The molecule has 90 valence electrons. The summed E-state index contributed by atoms with van der Waals surface area (Å²) in [7, 11) is 2.14. The maximum atomic E-state index is 8.75. The van der Waals surface area contributed by atoms with Gasteiger partial charge in [0.1, 0.15) is 0 Å². The molecule has 2 heterocycles. The average Bonchev–Trinajstić information content (AvgIpc) is 2.85. The van der Waals surface area contributed by atoms with E-state index in [0.29, 0.717) is 12.6 Å². The molecule has 1 aliphatic heterocycles. The summed E-state index contributed by atoms with van der Waals surface area (Å²) in [5.74, 6) is 0. The highest BCUT2D eigenvalue weighted by molar-refractivity contribution is 4.93. The molecule has 16 heavy (non-hydrogen) atoms. The molecule has 0 aliphatic carbocycles. The zero-order valence-corrected chi connectivity index (χ0v) is 9.63. The third-order valence-corrected chi connectivity index (χ3v) is 2.88. The molecular formula is C10H19N5O. The topological polar surface area (TPSA) is 66.2 Å². The first-order valence-electron chi connectivity index (χ1n) is 5.69. The fraction of sp³-hybridized carbons (Fsp3) is 0.800. The van der Waals surface area contributed by atoms with Crippen LogP contribution in [0.3, 0.4) is 0 Å². The summed E-state index contributed by atoms with van der Waals surface area (Å²) in [5.41, 5.74) is 0.933. The van der Waals surface area contributed by atoms with Gasteiger partial charge in [0, 0.05) is 25.3 Å². The summed E-state index contributed by atoms with van der Waals surface area (Å²) in [4.78, 5) is 2.32. The van der Waals surface area contributed by atoms with E-state index in [4.69, 9.17) is 5.11 Å². The van der Waals surface area contributed by atoms with Gasteiger partial charge < -0.3 is 15.3 Å². The summed E-state index contributed by atoms with van der Waals surface area (Å²) in [6.07, 6.45) is 3.07. The predicted octanol–water partition coefficient (Wildman–Crippen LogP) is -0.936. The molecule has 1 atom stereocenters. The SMILES string of the molecule is CN1CCC(NCc2cn(CCO)nn2)C1. The summed E-state index contributed by atoms with van der Waals surface area (Å²) in [5, 5.41) is 20.2. The third-order valence-electron chi connectivity index (χ3n) is 2.88. The number of likely N-dealkylation sites (tertiary alicyclic amines) is 1. The Balaban J connectivity index is 1.76. The Morgan fingerprint density at radius 3 is 3.19 bits per heavy atom. The lowest BCUT2D eigenvalue weighted by molar-refractivity contribution is 0.268. The standard InChI is InChI=1S/C10H19N5O/c1-14-3-2-9(7-14)11-6-10-8-15(4-5-16)13-12-10/h8-9,11,16H,2-7H2,1H3. The Morgan fingerprint density at radius 2 is 2.50 bits per heavy atom.